The first kappa shape index (κ1) is 52.3. The molecule has 6 heteroatoms. The van der Waals surface area contributed by atoms with E-state index in [-0.39, 0.29) is 24.5 Å². The van der Waals surface area contributed by atoms with E-state index in [1.54, 1.807) is 0 Å². The summed E-state index contributed by atoms with van der Waals surface area (Å²) in [6.07, 6.45) is 62.7. The van der Waals surface area contributed by atoms with E-state index in [9.17, 15) is 14.4 Å². The van der Waals surface area contributed by atoms with Crippen molar-refractivity contribution in [3.63, 3.8) is 0 Å². The molecule has 1 unspecified atom stereocenters. The van der Waals surface area contributed by atoms with Gasteiger partial charge in [-0.15, -0.1) is 0 Å². The summed E-state index contributed by atoms with van der Waals surface area (Å²) in [4.78, 5) is 35.0. The van der Waals surface area contributed by atoms with Gasteiger partial charge in [0.2, 0.25) is 5.91 Å². The first-order valence-corrected chi connectivity index (χ1v) is 22.4. The number of amides is 1. The third kappa shape index (κ3) is 43.1. The van der Waals surface area contributed by atoms with Crippen molar-refractivity contribution in [2.24, 2.45) is 0 Å². The van der Waals surface area contributed by atoms with Gasteiger partial charge in [-0.05, 0) is 96.0 Å². The number of ether oxygens (including phenoxy) is 1. The highest BCUT2D eigenvalue weighted by molar-refractivity contribution is 5.80. The summed E-state index contributed by atoms with van der Waals surface area (Å²) in [6, 6.07) is 0. The molecular weight excluding hydrogens is 695 g/mol. The zero-order valence-electron chi connectivity index (χ0n) is 35.7. The molecule has 0 aliphatic carbocycles. The van der Waals surface area contributed by atoms with Crippen molar-refractivity contribution in [1.29, 1.82) is 0 Å². The molecule has 0 radical (unpaired) electrons. The van der Waals surface area contributed by atoms with Crippen molar-refractivity contribution in [2.75, 3.05) is 6.54 Å². The third-order valence-electron chi connectivity index (χ3n) is 9.24. The van der Waals surface area contributed by atoms with E-state index < -0.39 is 5.97 Å². The molecule has 0 aromatic rings. The molecule has 0 fully saturated rings. The minimum absolute atomic E-state index is 0.102. The first-order valence-electron chi connectivity index (χ1n) is 22.4. The third-order valence-corrected chi connectivity index (χ3v) is 9.24. The number of aliphatic carboxylic acids is 1. The van der Waals surface area contributed by atoms with Gasteiger partial charge in [0.1, 0.15) is 12.6 Å². The number of rotatable bonds is 39. The maximum atomic E-state index is 12.7. The summed E-state index contributed by atoms with van der Waals surface area (Å²) in [5, 5.41) is 11.1. The Hall–Kier alpha value is -3.67. The molecule has 0 saturated carbocycles. The van der Waals surface area contributed by atoms with Gasteiger partial charge in [0.25, 0.3) is 0 Å². The average Bonchev–Trinajstić information content (AvgIpc) is 3.18. The molecule has 0 aliphatic rings. The SMILES string of the molecule is CC/C=C\C/C=C\C/C=C\C/C=C\CCCCCCCCCCCCC(=O)OC(/C=C\C/C=C\C/C=C\C/C=C\CC)CCCCCCCC(=O)NCC(=O)O. The Kier molecular flexibility index (Phi) is 41.2. The molecular formula is C50H81NO5. The van der Waals surface area contributed by atoms with Crippen LogP contribution < -0.4 is 5.32 Å². The quantitative estimate of drug-likeness (QED) is 0.0368. The number of nitrogens with one attached hydrogen (secondary N) is 1. The van der Waals surface area contributed by atoms with Gasteiger partial charge in [0.15, 0.2) is 0 Å². The highest BCUT2D eigenvalue weighted by Crippen LogP contribution is 2.15. The molecule has 316 valence electrons. The fraction of sp³-hybridized carbons (Fsp3) is 0.620. The number of esters is 1. The monoisotopic (exact) mass is 776 g/mol. The molecule has 0 bridgehead atoms. The molecule has 2 N–H and O–H groups in total. The molecule has 0 heterocycles. The van der Waals surface area contributed by atoms with E-state index in [4.69, 9.17) is 9.84 Å². The zero-order valence-corrected chi connectivity index (χ0v) is 35.7. The van der Waals surface area contributed by atoms with Crippen molar-refractivity contribution in [1.82, 2.24) is 5.32 Å². The van der Waals surface area contributed by atoms with Crippen LogP contribution in [0.15, 0.2) is 97.2 Å². The number of carboxylic acid groups (broad SMARTS) is 1. The number of unbranched alkanes of at least 4 members (excludes halogenated alkanes) is 14. The van der Waals surface area contributed by atoms with Gasteiger partial charge in [0, 0.05) is 12.8 Å². The molecule has 0 aromatic carbocycles. The summed E-state index contributed by atoms with van der Waals surface area (Å²) in [5.74, 6) is -1.34. The van der Waals surface area contributed by atoms with Crippen molar-refractivity contribution in [3.8, 4) is 0 Å². The molecule has 1 amide bonds. The van der Waals surface area contributed by atoms with Crippen LogP contribution in [0.25, 0.3) is 0 Å². The van der Waals surface area contributed by atoms with E-state index in [1.165, 1.54) is 57.8 Å². The predicted octanol–water partition coefficient (Wildman–Crippen LogP) is 14.1. The Morgan fingerprint density at radius 1 is 0.482 bits per heavy atom. The summed E-state index contributed by atoms with van der Waals surface area (Å²) >= 11 is 0. The maximum Gasteiger partial charge on any atom is 0.322 e. The number of hydrogen-bond acceptors (Lipinski definition) is 4. The lowest BCUT2D eigenvalue weighted by atomic mass is 10.0. The van der Waals surface area contributed by atoms with E-state index in [0.29, 0.717) is 12.8 Å². The normalized spacial score (nSPS) is 13.0. The van der Waals surface area contributed by atoms with E-state index >= 15 is 0 Å². The Morgan fingerprint density at radius 3 is 1.36 bits per heavy atom. The fourth-order valence-electron chi connectivity index (χ4n) is 6.00. The number of allylic oxidation sites excluding steroid dienone is 15. The van der Waals surface area contributed by atoms with Crippen molar-refractivity contribution in [2.45, 2.75) is 193 Å². The van der Waals surface area contributed by atoms with Gasteiger partial charge in [-0.25, -0.2) is 0 Å². The van der Waals surface area contributed by atoms with Gasteiger partial charge in [0.05, 0.1) is 0 Å². The van der Waals surface area contributed by atoms with Crippen LogP contribution in [0.2, 0.25) is 0 Å². The van der Waals surface area contributed by atoms with Gasteiger partial charge in [-0.2, -0.15) is 0 Å². The Bertz CT molecular complexity index is 1170. The van der Waals surface area contributed by atoms with Crippen LogP contribution in [0.4, 0.5) is 0 Å². The van der Waals surface area contributed by atoms with Crippen LogP contribution in [-0.2, 0) is 19.1 Å². The highest BCUT2D eigenvalue weighted by atomic mass is 16.5. The molecule has 56 heavy (non-hydrogen) atoms. The largest absolute Gasteiger partial charge is 0.480 e. The average molecular weight is 776 g/mol. The molecule has 0 aliphatic heterocycles. The maximum absolute atomic E-state index is 12.7. The van der Waals surface area contributed by atoms with Crippen LogP contribution in [-0.4, -0.2) is 35.6 Å². The van der Waals surface area contributed by atoms with Gasteiger partial charge in [-0.3, -0.25) is 14.4 Å². The smallest absolute Gasteiger partial charge is 0.322 e. The lowest BCUT2D eigenvalue weighted by molar-refractivity contribution is -0.147. The Labute approximate surface area is 343 Å². The number of carbonyl (C=O) groups excluding carboxylic acids is 2. The van der Waals surface area contributed by atoms with E-state index in [0.717, 1.165) is 103 Å². The minimum atomic E-state index is -1.03. The standard InChI is InChI=1S/C50H81NO5/c1-3-5-7-9-11-13-15-16-17-18-19-20-21-22-23-24-25-26-28-30-32-37-41-45-50(55)56-47(42-38-34-31-29-27-14-12-10-8-6-4-2)43-39-35-33-36-40-44-48(52)51-46-49(53)54/h5-8,11-14,16-17,19-20,29,31,38,42,47H,3-4,9-10,15,18,21-28,30,32-37,39-41,43-46H2,1-2H3,(H,51,52)(H,53,54)/b7-5-,8-6-,13-11-,14-12-,17-16-,20-19-,31-29-,42-38-. The van der Waals surface area contributed by atoms with Gasteiger partial charge >= 0.3 is 11.9 Å². The zero-order chi connectivity index (χ0) is 40.8. The number of carbonyl (C=O) groups is 3. The molecule has 0 rings (SSSR count). The number of hydrogen-bond donors (Lipinski definition) is 2. The summed E-state index contributed by atoms with van der Waals surface area (Å²) < 4.78 is 5.92. The second-order valence-corrected chi connectivity index (χ2v) is 14.5. The predicted molar refractivity (Wildman–Crippen MR) is 240 cm³/mol. The van der Waals surface area contributed by atoms with Crippen molar-refractivity contribution in [3.05, 3.63) is 97.2 Å². The van der Waals surface area contributed by atoms with Gasteiger partial charge in [-0.1, -0.05) is 176 Å². The van der Waals surface area contributed by atoms with E-state index in [2.05, 4.69) is 110 Å². The summed E-state index contributed by atoms with van der Waals surface area (Å²) in [6.45, 7) is 3.98. The Balaban J connectivity index is 4.17. The second kappa shape index (κ2) is 44.0. The minimum Gasteiger partial charge on any atom is -0.480 e. The van der Waals surface area contributed by atoms with Crippen LogP contribution in [0.3, 0.4) is 0 Å². The molecule has 6 nitrogen and oxygen atoms in total. The Morgan fingerprint density at radius 2 is 0.875 bits per heavy atom. The molecule has 0 spiro atoms. The lowest BCUT2D eigenvalue weighted by Gasteiger charge is -2.14. The molecule has 0 saturated heterocycles. The van der Waals surface area contributed by atoms with Crippen molar-refractivity contribution < 1.29 is 24.2 Å². The van der Waals surface area contributed by atoms with E-state index in [1.807, 2.05) is 6.08 Å². The fourth-order valence-corrected chi connectivity index (χ4v) is 6.00. The summed E-state index contributed by atoms with van der Waals surface area (Å²) in [7, 11) is 0. The molecule has 1 atom stereocenters. The van der Waals surface area contributed by atoms with Crippen molar-refractivity contribution >= 4 is 17.8 Å². The summed E-state index contributed by atoms with van der Waals surface area (Å²) in [5.41, 5.74) is 0. The lowest BCUT2D eigenvalue weighted by Crippen LogP contribution is -2.28. The second-order valence-electron chi connectivity index (χ2n) is 14.5. The van der Waals surface area contributed by atoms with Crippen LogP contribution in [0, 0.1) is 0 Å². The van der Waals surface area contributed by atoms with Crippen LogP contribution >= 0.6 is 0 Å². The first-order chi connectivity index (χ1) is 27.5. The van der Waals surface area contributed by atoms with Crippen LogP contribution in [0.1, 0.15) is 187 Å². The molecule has 0 aromatic heterocycles. The highest BCUT2D eigenvalue weighted by Gasteiger charge is 2.11. The topological polar surface area (TPSA) is 92.7 Å². The number of carboxylic acids is 1. The van der Waals surface area contributed by atoms with Crippen LogP contribution in [0.5, 0.6) is 0 Å². The van der Waals surface area contributed by atoms with Gasteiger partial charge < -0.3 is 15.2 Å².